The minimum Gasteiger partial charge on any atom is -0.337 e. The van der Waals surface area contributed by atoms with E-state index in [1.165, 1.54) is 6.20 Å². The van der Waals surface area contributed by atoms with Gasteiger partial charge < -0.3 is 15.5 Å². The highest BCUT2D eigenvalue weighted by atomic mass is 79.9. The first-order valence-electron chi connectivity index (χ1n) is 8.57. The van der Waals surface area contributed by atoms with Crippen LogP contribution >= 0.6 is 15.9 Å². The number of hydrogen-bond donors (Lipinski definition) is 2. The standard InChI is InChI=1S/C19H21BrN4O2/c1-13-3-4-14(19(26)24-7-2-5-21-6-8-24)10-17(13)23-18(25)15-9-16(20)12-22-11-15/h3-4,9-12,21H,2,5-8H2,1H3,(H,23,25). The van der Waals surface area contributed by atoms with E-state index >= 15 is 0 Å². The molecule has 7 heteroatoms. The van der Waals surface area contributed by atoms with Gasteiger partial charge in [-0.25, -0.2) is 0 Å². The summed E-state index contributed by atoms with van der Waals surface area (Å²) in [5, 5.41) is 6.17. The Hall–Kier alpha value is -2.25. The molecule has 1 aliphatic rings. The molecule has 1 aromatic carbocycles. The Morgan fingerprint density at radius 3 is 2.81 bits per heavy atom. The lowest BCUT2D eigenvalue weighted by atomic mass is 10.1. The van der Waals surface area contributed by atoms with Crippen LogP contribution in [-0.4, -0.2) is 47.9 Å². The van der Waals surface area contributed by atoms with Crippen molar-refractivity contribution in [1.82, 2.24) is 15.2 Å². The zero-order valence-corrected chi connectivity index (χ0v) is 16.2. The van der Waals surface area contributed by atoms with Crippen LogP contribution in [0.5, 0.6) is 0 Å². The van der Waals surface area contributed by atoms with E-state index < -0.39 is 0 Å². The van der Waals surface area contributed by atoms with Gasteiger partial charge in [-0.2, -0.15) is 0 Å². The summed E-state index contributed by atoms with van der Waals surface area (Å²) in [5.74, 6) is -0.265. The van der Waals surface area contributed by atoms with Crippen molar-refractivity contribution in [2.45, 2.75) is 13.3 Å². The maximum atomic E-state index is 12.8. The molecule has 1 saturated heterocycles. The number of aromatic nitrogens is 1. The van der Waals surface area contributed by atoms with Gasteiger partial charge in [-0.3, -0.25) is 14.6 Å². The molecule has 2 amide bonds. The molecule has 0 atom stereocenters. The SMILES string of the molecule is Cc1ccc(C(=O)N2CCCNCC2)cc1NC(=O)c1cncc(Br)c1. The van der Waals surface area contributed by atoms with Crippen LogP contribution in [0.2, 0.25) is 0 Å². The highest BCUT2D eigenvalue weighted by molar-refractivity contribution is 9.10. The molecule has 0 radical (unpaired) electrons. The molecule has 2 N–H and O–H groups in total. The molecule has 2 aromatic rings. The number of nitrogens with one attached hydrogen (secondary N) is 2. The Kier molecular flexibility index (Phi) is 6.00. The first kappa shape index (κ1) is 18.5. The van der Waals surface area contributed by atoms with Crippen LogP contribution < -0.4 is 10.6 Å². The lowest BCUT2D eigenvalue weighted by Gasteiger charge is -2.20. The topological polar surface area (TPSA) is 74.3 Å². The molecule has 0 saturated carbocycles. The average molecular weight is 417 g/mol. The molecule has 1 fully saturated rings. The normalized spacial score (nSPS) is 14.6. The maximum Gasteiger partial charge on any atom is 0.257 e. The van der Waals surface area contributed by atoms with Crippen molar-refractivity contribution in [2.24, 2.45) is 0 Å². The van der Waals surface area contributed by atoms with Crippen LogP contribution in [0.25, 0.3) is 0 Å². The highest BCUT2D eigenvalue weighted by Crippen LogP contribution is 2.20. The van der Waals surface area contributed by atoms with Crippen molar-refractivity contribution in [3.8, 4) is 0 Å². The molecule has 1 aliphatic heterocycles. The van der Waals surface area contributed by atoms with Gasteiger partial charge in [0.05, 0.1) is 5.56 Å². The largest absolute Gasteiger partial charge is 0.337 e. The van der Waals surface area contributed by atoms with Gasteiger partial charge in [0.25, 0.3) is 11.8 Å². The molecule has 0 bridgehead atoms. The zero-order chi connectivity index (χ0) is 18.5. The van der Waals surface area contributed by atoms with E-state index in [-0.39, 0.29) is 11.8 Å². The third-order valence-electron chi connectivity index (χ3n) is 4.33. The summed E-state index contributed by atoms with van der Waals surface area (Å²) in [4.78, 5) is 31.1. The number of amides is 2. The van der Waals surface area contributed by atoms with Crippen molar-refractivity contribution in [3.05, 3.63) is 57.8 Å². The van der Waals surface area contributed by atoms with Crippen LogP contribution in [0, 0.1) is 6.92 Å². The van der Waals surface area contributed by atoms with E-state index in [9.17, 15) is 9.59 Å². The number of aryl methyl sites for hydroxylation is 1. The Bertz CT molecular complexity index is 817. The van der Waals surface area contributed by atoms with Crippen molar-refractivity contribution >= 4 is 33.4 Å². The van der Waals surface area contributed by atoms with E-state index in [1.54, 1.807) is 18.3 Å². The summed E-state index contributed by atoms with van der Waals surface area (Å²) in [6, 6.07) is 7.13. The second-order valence-corrected chi connectivity index (χ2v) is 7.19. The van der Waals surface area contributed by atoms with Gasteiger partial charge >= 0.3 is 0 Å². The summed E-state index contributed by atoms with van der Waals surface area (Å²) >= 11 is 3.31. The van der Waals surface area contributed by atoms with Gasteiger partial charge in [-0.1, -0.05) is 6.07 Å². The molecule has 2 heterocycles. The summed E-state index contributed by atoms with van der Waals surface area (Å²) in [5.41, 5.74) is 2.57. The fourth-order valence-corrected chi connectivity index (χ4v) is 3.22. The smallest absolute Gasteiger partial charge is 0.257 e. The Morgan fingerprint density at radius 1 is 1.15 bits per heavy atom. The number of benzene rings is 1. The molecule has 0 spiro atoms. The number of rotatable bonds is 3. The minimum absolute atomic E-state index is 0.00618. The van der Waals surface area contributed by atoms with Crippen LogP contribution in [0.1, 0.15) is 32.7 Å². The molecule has 6 nitrogen and oxygen atoms in total. The highest BCUT2D eigenvalue weighted by Gasteiger charge is 2.18. The van der Waals surface area contributed by atoms with Crippen LogP contribution in [0.15, 0.2) is 41.1 Å². The maximum absolute atomic E-state index is 12.8. The average Bonchev–Trinajstić information content (AvgIpc) is 2.92. The Morgan fingerprint density at radius 2 is 2.00 bits per heavy atom. The third kappa shape index (κ3) is 4.47. The predicted molar refractivity (Wildman–Crippen MR) is 104 cm³/mol. The monoisotopic (exact) mass is 416 g/mol. The van der Waals surface area contributed by atoms with E-state index in [2.05, 4.69) is 31.5 Å². The number of hydrogen-bond acceptors (Lipinski definition) is 4. The zero-order valence-electron chi connectivity index (χ0n) is 14.6. The van der Waals surface area contributed by atoms with Gasteiger partial charge in [-0.05, 0) is 59.6 Å². The van der Waals surface area contributed by atoms with Gasteiger partial charge in [-0.15, -0.1) is 0 Å². The van der Waals surface area contributed by atoms with E-state index in [0.717, 1.165) is 36.1 Å². The number of carbonyl (C=O) groups excluding carboxylic acids is 2. The summed E-state index contributed by atoms with van der Waals surface area (Å²) < 4.78 is 0.737. The van der Waals surface area contributed by atoms with Crippen LogP contribution in [-0.2, 0) is 0 Å². The third-order valence-corrected chi connectivity index (χ3v) is 4.76. The number of anilines is 1. The molecule has 136 valence electrons. The van der Waals surface area contributed by atoms with Gasteiger partial charge in [0.15, 0.2) is 0 Å². The molecule has 3 rings (SSSR count). The Labute approximate surface area is 161 Å². The van der Waals surface area contributed by atoms with Crippen molar-refractivity contribution in [2.75, 3.05) is 31.5 Å². The molecular weight excluding hydrogens is 396 g/mol. The van der Waals surface area contributed by atoms with E-state index in [0.29, 0.717) is 23.4 Å². The Balaban J connectivity index is 1.79. The number of pyridine rings is 1. The first-order chi connectivity index (χ1) is 12.5. The van der Waals surface area contributed by atoms with E-state index in [4.69, 9.17) is 0 Å². The molecule has 0 unspecified atom stereocenters. The van der Waals surface area contributed by atoms with Crippen molar-refractivity contribution < 1.29 is 9.59 Å². The summed E-state index contributed by atoms with van der Waals surface area (Å²) in [6.07, 6.45) is 4.07. The lowest BCUT2D eigenvalue weighted by Crippen LogP contribution is -2.34. The molecule has 1 aromatic heterocycles. The molecule has 0 aliphatic carbocycles. The van der Waals surface area contributed by atoms with Crippen molar-refractivity contribution in [1.29, 1.82) is 0 Å². The van der Waals surface area contributed by atoms with Gasteiger partial charge in [0.1, 0.15) is 0 Å². The first-order valence-corrected chi connectivity index (χ1v) is 9.36. The number of carbonyl (C=O) groups is 2. The number of halogens is 1. The van der Waals surface area contributed by atoms with E-state index in [1.807, 2.05) is 24.0 Å². The second-order valence-electron chi connectivity index (χ2n) is 6.27. The fourth-order valence-electron chi connectivity index (χ4n) is 2.85. The summed E-state index contributed by atoms with van der Waals surface area (Å²) in [6.45, 7) is 5.07. The van der Waals surface area contributed by atoms with Gasteiger partial charge in [0.2, 0.25) is 0 Å². The van der Waals surface area contributed by atoms with Gasteiger partial charge in [0, 0.05) is 47.8 Å². The number of nitrogens with zero attached hydrogens (tertiary/aromatic N) is 2. The quantitative estimate of drug-likeness (QED) is 0.806. The molecule has 26 heavy (non-hydrogen) atoms. The van der Waals surface area contributed by atoms with Crippen molar-refractivity contribution in [3.63, 3.8) is 0 Å². The minimum atomic E-state index is -0.259. The molecular formula is C19H21BrN4O2. The van der Waals surface area contributed by atoms with Crippen LogP contribution in [0.4, 0.5) is 5.69 Å². The van der Waals surface area contributed by atoms with Crippen LogP contribution in [0.3, 0.4) is 0 Å². The fraction of sp³-hybridized carbons (Fsp3) is 0.316. The lowest BCUT2D eigenvalue weighted by molar-refractivity contribution is 0.0766. The predicted octanol–water partition coefficient (Wildman–Crippen LogP) is 2.84. The summed E-state index contributed by atoms with van der Waals surface area (Å²) in [7, 11) is 0. The second kappa shape index (κ2) is 8.42.